The number of para-hydroxylation sites is 1. The molecular formula is C30H33FN8. The number of aryl methyl sites for hydroxylation is 1. The quantitative estimate of drug-likeness (QED) is 0.285. The minimum atomic E-state index is -0.301. The number of likely N-dealkylation sites (N-methyl/N-ethyl adjacent to an activating group) is 1. The van der Waals surface area contributed by atoms with Crippen LogP contribution in [-0.2, 0) is 7.05 Å². The first-order valence-corrected chi connectivity index (χ1v) is 12.8. The van der Waals surface area contributed by atoms with Crippen molar-refractivity contribution in [2.75, 3.05) is 32.5 Å². The molecule has 39 heavy (non-hydrogen) atoms. The fourth-order valence-electron chi connectivity index (χ4n) is 4.52. The van der Waals surface area contributed by atoms with Crippen molar-refractivity contribution in [1.29, 1.82) is 0 Å². The first-order chi connectivity index (χ1) is 18.7. The molecule has 0 radical (unpaired) electrons. The fraction of sp³-hybridized carbons (Fsp3) is 0.233. The van der Waals surface area contributed by atoms with Crippen LogP contribution in [0, 0.1) is 12.7 Å². The van der Waals surface area contributed by atoms with E-state index in [4.69, 9.17) is 4.98 Å². The van der Waals surface area contributed by atoms with E-state index in [-0.39, 0.29) is 5.82 Å². The highest BCUT2D eigenvalue weighted by Crippen LogP contribution is 2.31. The fourth-order valence-corrected chi connectivity index (χ4v) is 4.52. The van der Waals surface area contributed by atoms with Gasteiger partial charge in [-0.1, -0.05) is 24.8 Å². The van der Waals surface area contributed by atoms with E-state index in [0.29, 0.717) is 18.1 Å². The van der Waals surface area contributed by atoms with E-state index in [1.807, 2.05) is 77.6 Å². The summed E-state index contributed by atoms with van der Waals surface area (Å²) in [5.74, 6) is 1.26. The SMILES string of the molecule is C=c1c(-c2nc3c(-c4cc(F)cc(NCCN(C)C)c4)cccc3[nH]2)n[nH]/c1=C/C=C(\C)c1cnc(C)n1C. The van der Waals surface area contributed by atoms with Crippen LogP contribution >= 0.6 is 0 Å². The maximum Gasteiger partial charge on any atom is 0.159 e. The van der Waals surface area contributed by atoms with Gasteiger partial charge >= 0.3 is 0 Å². The molecule has 2 aromatic carbocycles. The van der Waals surface area contributed by atoms with Gasteiger partial charge in [-0.25, -0.2) is 14.4 Å². The Hall–Kier alpha value is -4.50. The Balaban J connectivity index is 1.48. The molecule has 0 fully saturated rings. The van der Waals surface area contributed by atoms with Crippen LogP contribution in [0.2, 0.25) is 0 Å². The molecule has 9 heteroatoms. The number of hydrogen-bond donors (Lipinski definition) is 3. The first-order valence-electron chi connectivity index (χ1n) is 12.8. The zero-order chi connectivity index (χ0) is 27.7. The van der Waals surface area contributed by atoms with Crippen LogP contribution in [0.15, 0.2) is 48.7 Å². The summed E-state index contributed by atoms with van der Waals surface area (Å²) in [4.78, 5) is 14.7. The van der Waals surface area contributed by atoms with Crippen LogP contribution in [0.3, 0.4) is 0 Å². The van der Waals surface area contributed by atoms with Gasteiger partial charge < -0.3 is 19.8 Å². The van der Waals surface area contributed by atoms with Crippen LogP contribution in [0.5, 0.6) is 0 Å². The molecule has 5 rings (SSSR count). The van der Waals surface area contributed by atoms with E-state index in [1.54, 1.807) is 0 Å². The zero-order valence-corrected chi connectivity index (χ0v) is 22.9. The number of nitrogens with one attached hydrogen (secondary N) is 3. The third kappa shape index (κ3) is 5.39. The summed E-state index contributed by atoms with van der Waals surface area (Å²) in [6, 6.07) is 10.8. The normalized spacial score (nSPS) is 12.7. The van der Waals surface area contributed by atoms with E-state index in [1.165, 1.54) is 12.1 Å². The number of benzene rings is 2. The maximum atomic E-state index is 14.6. The molecule has 0 aliphatic heterocycles. The Morgan fingerprint density at radius 2 is 2.05 bits per heavy atom. The minimum absolute atomic E-state index is 0.301. The third-order valence-corrected chi connectivity index (χ3v) is 6.86. The van der Waals surface area contributed by atoms with Gasteiger partial charge in [-0.05, 0) is 69.4 Å². The number of H-pyrrole nitrogens is 2. The van der Waals surface area contributed by atoms with Crippen molar-refractivity contribution in [3.05, 3.63) is 76.6 Å². The van der Waals surface area contributed by atoms with Gasteiger partial charge in [0, 0.05) is 36.6 Å². The van der Waals surface area contributed by atoms with Gasteiger partial charge in [-0.2, -0.15) is 5.10 Å². The number of imidazole rings is 2. The summed E-state index contributed by atoms with van der Waals surface area (Å²) in [6.07, 6.45) is 5.85. The number of hydrogen-bond acceptors (Lipinski definition) is 5. The number of anilines is 1. The molecular weight excluding hydrogens is 491 g/mol. The van der Waals surface area contributed by atoms with Gasteiger partial charge in [0.2, 0.25) is 0 Å². The van der Waals surface area contributed by atoms with Crippen molar-refractivity contribution < 1.29 is 4.39 Å². The molecule has 0 saturated carbocycles. The summed E-state index contributed by atoms with van der Waals surface area (Å²) < 4.78 is 16.6. The van der Waals surface area contributed by atoms with Crippen molar-refractivity contribution in [2.24, 2.45) is 7.05 Å². The monoisotopic (exact) mass is 524 g/mol. The molecule has 0 amide bonds. The Kier molecular flexibility index (Phi) is 7.17. The topological polar surface area (TPSA) is 90.4 Å². The van der Waals surface area contributed by atoms with E-state index < -0.39 is 0 Å². The van der Waals surface area contributed by atoms with Crippen molar-refractivity contribution in [1.82, 2.24) is 34.6 Å². The van der Waals surface area contributed by atoms with Gasteiger partial charge in [0.25, 0.3) is 0 Å². The molecule has 8 nitrogen and oxygen atoms in total. The smallest absolute Gasteiger partial charge is 0.159 e. The van der Waals surface area contributed by atoms with E-state index in [9.17, 15) is 4.39 Å². The Morgan fingerprint density at radius 3 is 2.79 bits per heavy atom. The van der Waals surface area contributed by atoms with E-state index >= 15 is 0 Å². The molecule has 0 atom stereocenters. The average molecular weight is 525 g/mol. The molecule has 3 aromatic heterocycles. The lowest BCUT2D eigenvalue weighted by Gasteiger charge is -2.13. The molecule has 5 aromatic rings. The average Bonchev–Trinajstić information content (AvgIpc) is 3.58. The van der Waals surface area contributed by atoms with Crippen LogP contribution in [-0.4, -0.2) is 61.8 Å². The molecule has 0 unspecified atom stereocenters. The van der Waals surface area contributed by atoms with Crippen LogP contribution < -0.4 is 15.9 Å². The first kappa shape index (κ1) is 26.1. The number of fused-ring (bicyclic) bond motifs is 1. The molecule has 3 heterocycles. The van der Waals surface area contributed by atoms with Crippen LogP contribution in [0.1, 0.15) is 18.4 Å². The predicted molar refractivity (Wildman–Crippen MR) is 157 cm³/mol. The number of aromatic nitrogens is 6. The van der Waals surface area contributed by atoms with Gasteiger partial charge in [0.05, 0.1) is 28.3 Å². The zero-order valence-electron chi connectivity index (χ0n) is 22.9. The second-order valence-corrected chi connectivity index (χ2v) is 9.98. The van der Waals surface area contributed by atoms with Crippen LogP contribution in [0.25, 0.3) is 51.9 Å². The predicted octanol–water partition coefficient (Wildman–Crippen LogP) is 4.07. The lowest BCUT2D eigenvalue weighted by Crippen LogP contribution is -2.21. The lowest BCUT2D eigenvalue weighted by molar-refractivity contribution is 0.425. The Bertz CT molecular complexity index is 1790. The van der Waals surface area contributed by atoms with Gasteiger partial charge in [0.1, 0.15) is 17.3 Å². The number of aromatic amines is 2. The molecule has 0 spiro atoms. The largest absolute Gasteiger partial charge is 0.384 e. The van der Waals surface area contributed by atoms with E-state index in [2.05, 4.69) is 41.5 Å². The molecule has 0 saturated heterocycles. The highest BCUT2D eigenvalue weighted by molar-refractivity contribution is 5.94. The summed E-state index contributed by atoms with van der Waals surface area (Å²) >= 11 is 0. The number of nitrogens with zero attached hydrogens (tertiary/aromatic N) is 5. The number of halogens is 1. The number of allylic oxidation sites excluding steroid dienone is 2. The summed E-state index contributed by atoms with van der Waals surface area (Å²) in [7, 11) is 6.01. The second-order valence-electron chi connectivity index (χ2n) is 9.98. The molecule has 0 aliphatic rings. The standard InChI is InChI=1S/C30H33FN8/c1-18(27-17-33-20(3)39(27)6)10-11-25-19(2)28(37-36-25)30-34-26-9-7-8-24(29(26)35-30)21-14-22(31)16-23(15-21)32-12-13-38(4)5/h7-11,14-17,32,36H,2,12-13H2,1,3-6H3,(H,34,35)/b18-10+,25-11+. The number of rotatable bonds is 8. The highest BCUT2D eigenvalue weighted by Gasteiger charge is 2.14. The Labute approximate surface area is 226 Å². The van der Waals surface area contributed by atoms with Crippen LogP contribution in [0.4, 0.5) is 10.1 Å². The van der Waals surface area contributed by atoms with Crippen molar-refractivity contribution in [3.8, 4) is 22.6 Å². The minimum Gasteiger partial charge on any atom is -0.384 e. The summed E-state index contributed by atoms with van der Waals surface area (Å²) in [6.45, 7) is 9.84. The van der Waals surface area contributed by atoms with Crippen molar-refractivity contribution >= 4 is 34.9 Å². The second kappa shape index (κ2) is 10.7. The van der Waals surface area contributed by atoms with E-state index in [0.717, 1.165) is 62.1 Å². The van der Waals surface area contributed by atoms with Crippen molar-refractivity contribution in [2.45, 2.75) is 13.8 Å². The molecule has 3 N–H and O–H groups in total. The van der Waals surface area contributed by atoms with Gasteiger partial charge in [-0.3, -0.25) is 5.10 Å². The molecule has 200 valence electrons. The summed E-state index contributed by atoms with van der Waals surface area (Å²) in [5, 5.41) is 12.4. The summed E-state index contributed by atoms with van der Waals surface area (Å²) in [5.41, 5.74) is 6.66. The van der Waals surface area contributed by atoms with Crippen molar-refractivity contribution in [3.63, 3.8) is 0 Å². The molecule has 0 bridgehead atoms. The van der Waals surface area contributed by atoms with Gasteiger partial charge in [0.15, 0.2) is 5.82 Å². The highest BCUT2D eigenvalue weighted by atomic mass is 19.1. The maximum absolute atomic E-state index is 14.6. The molecule has 0 aliphatic carbocycles. The van der Waals surface area contributed by atoms with Gasteiger partial charge in [-0.15, -0.1) is 0 Å². The third-order valence-electron chi connectivity index (χ3n) is 6.86. The Morgan fingerprint density at radius 1 is 1.23 bits per heavy atom. The lowest BCUT2D eigenvalue weighted by atomic mass is 10.0.